The van der Waals surface area contributed by atoms with Gasteiger partial charge in [-0.25, -0.2) is 0 Å². The van der Waals surface area contributed by atoms with E-state index in [0.29, 0.717) is 6.61 Å². The van der Waals surface area contributed by atoms with Crippen LogP contribution in [0.3, 0.4) is 0 Å². The monoisotopic (exact) mass is 238 g/mol. The van der Waals surface area contributed by atoms with Crippen LogP contribution >= 0.6 is 0 Å². The van der Waals surface area contributed by atoms with Gasteiger partial charge in [-0.2, -0.15) is 0 Å². The lowest BCUT2D eigenvalue weighted by Gasteiger charge is -2.17. The number of aliphatic hydroxyl groups excluding tert-OH is 1. The zero-order valence-corrected chi connectivity index (χ0v) is 10.1. The van der Waals surface area contributed by atoms with Crippen molar-refractivity contribution in [1.29, 1.82) is 0 Å². The van der Waals surface area contributed by atoms with Gasteiger partial charge in [-0.1, -0.05) is 30.3 Å². The van der Waals surface area contributed by atoms with Gasteiger partial charge in [-0.05, 0) is 12.5 Å². The molecule has 0 radical (unpaired) electrons. The van der Waals surface area contributed by atoms with Gasteiger partial charge in [0.05, 0.1) is 26.4 Å². The molecule has 0 fully saturated rings. The summed E-state index contributed by atoms with van der Waals surface area (Å²) in [6.45, 7) is 2.12. The van der Waals surface area contributed by atoms with Crippen molar-refractivity contribution in [3.05, 3.63) is 35.9 Å². The molecule has 0 heterocycles. The number of aliphatic hydroxyl groups is 1. The van der Waals surface area contributed by atoms with Crippen LogP contribution in [0.4, 0.5) is 0 Å². The number of ether oxygens (including phenoxy) is 2. The Morgan fingerprint density at radius 3 is 2.53 bits per heavy atom. The van der Waals surface area contributed by atoms with Gasteiger partial charge in [0, 0.05) is 0 Å². The van der Waals surface area contributed by atoms with Gasteiger partial charge in [-0.15, -0.1) is 0 Å². The van der Waals surface area contributed by atoms with Gasteiger partial charge in [0.2, 0.25) is 0 Å². The smallest absolute Gasteiger partial charge is 0.313 e. The molecule has 94 valence electrons. The summed E-state index contributed by atoms with van der Waals surface area (Å²) >= 11 is 0. The molecule has 1 aromatic carbocycles. The fourth-order valence-corrected chi connectivity index (χ4v) is 1.43. The highest BCUT2D eigenvalue weighted by atomic mass is 16.5. The van der Waals surface area contributed by atoms with Crippen molar-refractivity contribution in [2.75, 3.05) is 13.7 Å². The van der Waals surface area contributed by atoms with Gasteiger partial charge >= 0.3 is 5.97 Å². The van der Waals surface area contributed by atoms with Gasteiger partial charge in [0.1, 0.15) is 5.92 Å². The van der Waals surface area contributed by atoms with E-state index in [1.54, 1.807) is 6.92 Å². The maximum atomic E-state index is 11.3. The summed E-state index contributed by atoms with van der Waals surface area (Å²) in [7, 11) is 1.30. The molecule has 2 atom stereocenters. The van der Waals surface area contributed by atoms with E-state index in [4.69, 9.17) is 4.74 Å². The number of hydrogen-bond acceptors (Lipinski definition) is 4. The normalized spacial score (nSPS) is 14.1. The fourth-order valence-electron chi connectivity index (χ4n) is 1.43. The Morgan fingerprint density at radius 2 is 2.00 bits per heavy atom. The lowest BCUT2D eigenvalue weighted by molar-refractivity contribution is -0.152. The van der Waals surface area contributed by atoms with Crippen molar-refractivity contribution < 1.29 is 19.4 Å². The Kier molecular flexibility index (Phi) is 5.66. The van der Waals surface area contributed by atoms with E-state index in [9.17, 15) is 9.90 Å². The first-order valence-corrected chi connectivity index (χ1v) is 5.52. The van der Waals surface area contributed by atoms with Gasteiger partial charge in [-0.3, -0.25) is 4.79 Å². The van der Waals surface area contributed by atoms with Gasteiger partial charge in [0.15, 0.2) is 0 Å². The molecule has 0 spiro atoms. The molecule has 4 nitrogen and oxygen atoms in total. The lowest BCUT2D eigenvalue weighted by Crippen LogP contribution is -2.31. The molecule has 0 aliphatic heterocycles. The van der Waals surface area contributed by atoms with Crippen molar-refractivity contribution >= 4 is 5.97 Å². The summed E-state index contributed by atoms with van der Waals surface area (Å²) in [5.41, 5.74) is 1.03. The number of rotatable bonds is 6. The number of methoxy groups -OCH3 is 1. The molecule has 17 heavy (non-hydrogen) atoms. The minimum Gasteiger partial charge on any atom is -0.469 e. The topological polar surface area (TPSA) is 55.8 Å². The molecule has 4 heteroatoms. The first kappa shape index (κ1) is 13.7. The van der Waals surface area contributed by atoms with Crippen LogP contribution in [0.15, 0.2) is 30.3 Å². The molecule has 1 aromatic rings. The van der Waals surface area contributed by atoms with Crippen molar-refractivity contribution in [3.63, 3.8) is 0 Å². The SMILES string of the molecule is COC(=O)[C@@H](COCc1ccccc1)[C@@H](C)O. The maximum absolute atomic E-state index is 11.3. The summed E-state index contributed by atoms with van der Waals surface area (Å²) < 4.78 is 10.0. The second-order valence-electron chi connectivity index (χ2n) is 3.87. The van der Waals surface area contributed by atoms with Crippen LogP contribution in [0.25, 0.3) is 0 Å². The number of esters is 1. The van der Waals surface area contributed by atoms with Crippen molar-refractivity contribution in [2.24, 2.45) is 5.92 Å². The average molecular weight is 238 g/mol. The van der Waals surface area contributed by atoms with E-state index >= 15 is 0 Å². The predicted molar refractivity (Wildman–Crippen MR) is 63.3 cm³/mol. The van der Waals surface area contributed by atoms with E-state index in [-0.39, 0.29) is 6.61 Å². The maximum Gasteiger partial charge on any atom is 0.313 e. The largest absolute Gasteiger partial charge is 0.469 e. The average Bonchev–Trinajstić information content (AvgIpc) is 2.34. The second kappa shape index (κ2) is 7.04. The van der Waals surface area contributed by atoms with Gasteiger partial charge in [0.25, 0.3) is 0 Å². The standard InChI is InChI=1S/C13H18O4/c1-10(14)12(13(15)16-2)9-17-8-11-6-4-3-5-7-11/h3-7,10,12,14H,8-9H2,1-2H3/t10-,12+/m1/s1. The van der Waals surface area contributed by atoms with E-state index in [2.05, 4.69) is 4.74 Å². The Hall–Kier alpha value is -1.39. The molecule has 1 N–H and O–H groups in total. The minimum absolute atomic E-state index is 0.152. The van der Waals surface area contributed by atoms with E-state index in [0.717, 1.165) is 5.56 Å². The Balaban J connectivity index is 2.40. The molecular formula is C13H18O4. The van der Waals surface area contributed by atoms with Crippen LogP contribution in [-0.4, -0.2) is 30.9 Å². The molecule has 0 aliphatic carbocycles. The molecule has 0 saturated heterocycles. The highest BCUT2D eigenvalue weighted by Gasteiger charge is 2.24. The number of benzene rings is 1. The highest BCUT2D eigenvalue weighted by Crippen LogP contribution is 2.09. The van der Waals surface area contributed by atoms with Crippen LogP contribution in [0.5, 0.6) is 0 Å². The fraction of sp³-hybridized carbons (Fsp3) is 0.462. The summed E-state index contributed by atoms with van der Waals surface area (Å²) in [6, 6.07) is 9.65. The second-order valence-corrected chi connectivity index (χ2v) is 3.87. The first-order valence-electron chi connectivity index (χ1n) is 5.52. The molecule has 0 aliphatic rings. The minimum atomic E-state index is -0.779. The lowest BCUT2D eigenvalue weighted by atomic mass is 10.1. The van der Waals surface area contributed by atoms with E-state index in [1.165, 1.54) is 7.11 Å². The summed E-state index contributed by atoms with van der Waals surface area (Å²) in [4.78, 5) is 11.3. The third kappa shape index (κ3) is 4.54. The molecule has 0 saturated carbocycles. The number of carbonyl (C=O) groups excluding carboxylic acids is 1. The Morgan fingerprint density at radius 1 is 1.35 bits per heavy atom. The molecule has 0 aromatic heterocycles. The van der Waals surface area contributed by atoms with E-state index in [1.807, 2.05) is 30.3 Å². The molecule has 0 amide bonds. The van der Waals surface area contributed by atoms with Crippen molar-refractivity contribution in [1.82, 2.24) is 0 Å². The molecule has 0 bridgehead atoms. The molecule has 0 unspecified atom stereocenters. The summed E-state index contributed by atoms with van der Waals surface area (Å²) in [5.74, 6) is -1.09. The first-order chi connectivity index (χ1) is 8.15. The van der Waals surface area contributed by atoms with Crippen LogP contribution in [0.2, 0.25) is 0 Å². The van der Waals surface area contributed by atoms with E-state index < -0.39 is 18.0 Å². The number of hydrogen-bond donors (Lipinski definition) is 1. The molecule has 1 rings (SSSR count). The third-order valence-corrected chi connectivity index (χ3v) is 2.50. The van der Waals surface area contributed by atoms with Crippen molar-refractivity contribution in [3.8, 4) is 0 Å². The van der Waals surface area contributed by atoms with Crippen LogP contribution < -0.4 is 0 Å². The van der Waals surface area contributed by atoms with Gasteiger partial charge < -0.3 is 14.6 Å². The van der Waals surface area contributed by atoms with Crippen LogP contribution in [-0.2, 0) is 20.9 Å². The zero-order valence-electron chi connectivity index (χ0n) is 10.1. The van der Waals surface area contributed by atoms with Crippen LogP contribution in [0, 0.1) is 5.92 Å². The predicted octanol–water partition coefficient (Wildman–Crippen LogP) is 1.37. The van der Waals surface area contributed by atoms with Crippen molar-refractivity contribution in [2.45, 2.75) is 19.6 Å². The quantitative estimate of drug-likeness (QED) is 0.761. The zero-order chi connectivity index (χ0) is 12.7. The summed E-state index contributed by atoms with van der Waals surface area (Å²) in [5, 5.41) is 9.43. The highest BCUT2D eigenvalue weighted by molar-refractivity contribution is 5.73. The Bertz CT molecular complexity index is 335. The Labute approximate surface area is 101 Å². The van der Waals surface area contributed by atoms with Crippen LogP contribution in [0.1, 0.15) is 12.5 Å². The number of carbonyl (C=O) groups is 1. The molecular weight excluding hydrogens is 220 g/mol. The summed E-state index contributed by atoms with van der Waals surface area (Å²) in [6.07, 6.45) is -0.779. The third-order valence-electron chi connectivity index (χ3n) is 2.50.